The predicted molar refractivity (Wildman–Crippen MR) is 53.6 cm³/mol. The lowest BCUT2D eigenvalue weighted by molar-refractivity contribution is 0.418. The Bertz CT molecular complexity index is 260. The summed E-state index contributed by atoms with van der Waals surface area (Å²) < 4.78 is 12.6. The van der Waals surface area contributed by atoms with Crippen LogP contribution >= 0.6 is 0 Å². The summed E-state index contributed by atoms with van der Waals surface area (Å²) in [6.07, 6.45) is 0.722. The van der Waals surface area contributed by atoms with Crippen LogP contribution in [-0.2, 0) is 0 Å². The van der Waals surface area contributed by atoms with Crippen molar-refractivity contribution in [3.63, 3.8) is 0 Å². The Hall–Kier alpha value is -0.890. The van der Waals surface area contributed by atoms with Crippen LogP contribution in [0.4, 0.5) is 4.39 Å². The fraction of sp³-hybridized carbons (Fsp3) is 0.455. The monoisotopic (exact) mass is 181 g/mol. The van der Waals surface area contributed by atoms with Gasteiger partial charge in [0.2, 0.25) is 0 Å². The molecular formula is C11H16FN. The smallest absolute Gasteiger partial charge is 0.0963 e. The van der Waals surface area contributed by atoms with Gasteiger partial charge in [0.1, 0.15) is 0 Å². The maximum absolute atomic E-state index is 12.6. The first kappa shape index (κ1) is 10.2. The first-order valence-corrected chi connectivity index (χ1v) is 4.60. The number of aryl methyl sites for hydroxylation is 1. The van der Waals surface area contributed by atoms with Gasteiger partial charge in [-0.15, -0.1) is 0 Å². The number of benzene rings is 1. The van der Waals surface area contributed by atoms with Crippen LogP contribution in [0.25, 0.3) is 0 Å². The number of rotatable bonds is 4. The van der Waals surface area contributed by atoms with Gasteiger partial charge in [-0.3, -0.25) is 4.39 Å². The number of hydrogen-bond acceptors (Lipinski definition) is 1. The molecule has 0 saturated heterocycles. The second kappa shape index (κ2) is 4.97. The molecule has 0 amide bonds. The zero-order chi connectivity index (χ0) is 9.68. The molecule has 13 heavy (non-hydrogen) atoms. The van der Waals surface area contributed by atoms with Gasteiger partial charge in [-0.2, -0.15) is 0 Å². The van der Waals surface area contributed by atoms with Crippen LogP contribution in [0, 0.1) is 6.92 Å². The van der Waals surface area contributed by atoms with Crippen molar-refractivity contribution in [2.45, 2.75) is 19.3 Å². The summed E-state index contributed by atoms with van der Waals surface area (Å²) in [6, 6.07) is 7.97. The van der Waals surface area contributed by atoms with Crippen LogP contribution in [0.5, 0.6) is 0 Å². The van der Waals surface area contributed by atoms with Crippen LogP contribution in [0.15, 0.2) is 24.3 Å². The van der Waals surface area contributed by atoms with Crippen molar-refractivity contribution in [1.82, 2.24) is 0 Å². The molecule has 0 spiro atoms. The van der Waals surface area contributed by atoms with Gasteiger partial charge in [0.15, 0.2) is 0 Å². The Balaban J connectivity index is 2.78. The summed E-state index contributed by atoms with van der Waals surface area (Å²) in [4.78, 5) is 0. The predicted octanol–water partition coefficient (Wildman–Crippen LogP) is 2.40. The third-order valence-electron chi connectivity index (χ3n) is 2.21. The zero-order valence-electron chi connectivity index (χ0n) is 7.96. The number of nitrogens with two attached hydrogens (primary N) is 1. The van der Waals surface area contributed by atoms with E-state index in [-0.39, 0.29) is 12.6 Å². The molecule has 0 aliphatic carbocycles. The molecular weight excluding hydrogens is 165 g/mol. The molecule has 0 saturated carbocycles. The van der Waals surface area contributed by atoms with E-state index >= 15 is 0 Å². The van der Waals surface area contributed by atoms with Crippen LogP contribution in [0.2, 0.25) is 0 Å². The largest absolute Gasteiger partial charge is 0.330 e. The molecule has 0 aliphatic heterocycles. The van der Waals surface area contributed by atoms with E-state index in [4.69, 9.17) is 5.73 Å². The van der Waals surface area contributed by atoms with Gasteiger partial charge in [0.25, 0.3) is 0 Å². The summed E-state index contributed by atoms with van der Waals surface area (Å²) >= 11 is 0. The van der Waals surface area contributed by atoms with Crippen molar-refractivity contribution in [1.29, 1.82) is 0 Å². The fourth-order valence-corrected chi connectivity index (χ4v) is 1.46. The Morgan fingerprint density at radius 1 is 1.46 bits per heavy atom. The van der Waals surface area contributed by atoms with Gasteiger partial charge in [0, 0.05) is 5.92 Å². The van der Waals surface area contributed by atoms with E-state index in [1.54, 1.807) is 0 Å². The molecule has 1 nitrogen and oxygen atoms in total. The molecule has 0 heterocycles. The molecule has 0 radical (unpaired) electrons. The summed E-state index contributed by atoms with van der Waals surface area (Å²) in [5.74, 6) is -0.0232. The van der Waals surface area contributed by atoms with E-state index in [0.717, 1.165) is 12.0 Å². The molecule has 2 N–H and O–H groups in total. The summed E-state index contributed by atoms with van der Waals surface area (Å²) in [6.45, 7) is 2.24. The molecule has 1 aromatic rings. The minimum Gasteiger partial charge on any atom is -0.330 e. The Morgan fingerprint density at radius 2 is 2.23 bits per heavy atom. The zero-order valence-corrected chi connectivity index (χ0v) is 7.96. The minimum atomic E-state index is -0.319. The second-order valence-electron chi connectivity index (χ2n) is 3.34. The van der Waals surface area contributed by atoms with Gasteiger partial charge in [-0.1, -0.05) is 29.8 Å². The molecule has 72 valence electrons. The van der Waals surface area contributed by atoms with E-state index in [9.17, 15) is 4.39 Å². The first-order valence-electron chi connectivity index (χ1n) is 4.60. The molecule has 0 aliphatic rings. The van der Waals surface area contributed by atoms with Crippen molar-refractivity contribution in [3.05, 3.63) is 35.4 Å². The van der Waals surface area contributed by atoms with E-state index < -0.39 is 0 Å². The van der Waals surface area contributed by atoms with Crippen molar-refractivity contribution < 1.29 is 4.39 Å². The molecule has 1 aromatic carbocycles. The standard InChI is InChI=1S/C11H16FN/c1-9-3-2-4-10(7-9)11(8-12)5-6-13/h2-4,7,11H,5-6,8,13H2,1H3. The summed E-state index contributed by atoms with van der Waals surface area (Å²) in [5, 5.41) is 0. The number of hydrogen-bond donors (Lipinski definition) is 1. The highest BCUT2D eigenvalue weighted by atomic mass is 19.1. The van der Waals surface area contributed by atoms with Crippen LogP contribution in [0.1, 0.15) is 23.5 Å². The van der Waals surface area contributed by atoms with Crippen molar-refractivity contribution >= 4 is 0 Å². The quantitative estimate of drug-likeness (QED) is 0.758. The number of halogens is 1. The van der Waals surface area contributed by atoms with E-state index in [0.29, 0.717) is 6.54 Å². The van der Waals surface area contributed by atoms with E-state index in [2.05, 4.69) is 0 Å². The molecule has 2 heteroatoms. The lowest BCUT2D eigenvalue weighted by Gasteiger charge is -2.12. The maximum Gasteiger partial charge on any atom is 0.0963 e. The van der Waals surface area contributed by atoms with Gasteiger partial charge in [-0.05, 0) is 25.5 Å². The van der Waals surface area contributed by atoms with Crippen molar-refractivity contribution in [2.75, 3.05) is 13.2 Å². The Labute approximate surface area is 78.8 Å². The maximum atomic E-state index is 12.6. The molecule has 1 unspecified atom stereocenters. The SMILES string of the molecule is Cc1cccc(C(CF)CCN)c1. The second-order valence-corrected chi connectivity index (χ2v) is 3.34. The molecule has 0 bridgehead atoms. The molecule has 1 rings (SSSR count). The highest BCUT2D eigenvalue weighted by Crippen LogP contribution is 2.20. The van der Waals surface area contributed by atoms with Gasteiger partial charge < -0.3 is 5.73 Å². The lowest BCUT2D eigenvalue weighted by Crippen LogP contribution is -2.09. The average Bonchev–Trinajstić information content (AvgIpc) is 2.14. The number of alkyl halides is 1. The molecule has 0 aromatic heterocycles. The fourth-order valence-electron chi connectivity index (χ4n) is 1.46. The lowest BCUT2D eigenvalue weighted by atomic mass is 9.96. The minimum absolute atomic E-state index is 0.0232. The van der Waals surface area contributed by atoms with Crippen molar-refractivity contribution in [3.8, 4) is 0 Å². The van der Waals surface area contributed by atoms with Crippen LogP contribution < -0.4 is 5.73 Å². The topological polar surface area (TPSA) is 26.0 Å². The summed E-state index contributed by atoms with van der Waals surface area (Å²) in [7, 11) is 0. The van der Waals surface area contributed by atoms with Crippen molar-refractivity contribution in [2.24, 2.45) is 5.73 Å². The third kappa shape index (κ3) is 2.81. The van der Waals surface area contributed by atoms with Crippen LogP contribution in [-0.4, -0.2) is 13.2 Å². The average molecular weight is 181 g/mol. The van der Waals surface area contributed by atoms with Crippen LogP contribution in [0.3, 0.4) is 0 Å². The van der Waals surface area contributed by atoms with E-state index in [1.807, 2.05) is 31.2 Å². The highest BCUT2D eigenvalue weighted by Gasteiger charge is 2.09. The van der Waals surface area contributed by atoms with Gasteiger partial charge >= 0.3 is 0 Å². The normalized spacial score (nSPS) is 12.8. The molecule has 1 atom stereocenters. The first-order chi connectivity index (χ1) is 6.27. The molecule has 0 fully saturated rings. The Kier molecular flexibility index (Phi) is 3.90. The van der Waals surface area contributed by atoms with Gasteiger partial charge in [0.05, 0.1) is 6.67 Å². The Morgan fingerprint density at radius 3 is 2.77 bits per heavy atom. The highest BCUT2D eigenvalue weighted by molar-refractivity contribution is 5.25. The van der Waals surface area contributed by atoms with Gasteiger partial charge in [-0.25, -0.2) is 0 Å². The van der Waals surface area contributed by atoms with E-state index in [1.165, 1.54) is 5.56 Å². The summed E-state index contributed by atoms with van der Waals surface area (Å²) in [5.41, 5.74) is 7.65. The third-order valence-corrected chi connectivity index (χ3v) is 2.21.